The van der Waals surface area contributed by atoms with Gasteiger partial charge in [0.15, 0.2) is 11.6 Å². The summed E-state index contributed by atoms with van der Waals surface area (Å²) in [7, 11) is -5.03. The van der Waals surface area contributed by atoms with Crippen molar-refractivity contribution in [2.45, 2.75) is 174 Å². The molecule has 1 aromatic carbocycles. The van der Waals surface area contributed by atoms with E-state index in [-0.39, 0.29) is 49.2 Å². The van der Waals surface area contributed by atoms with E-state index in [1.165, 1.54) is 19.4 Å². The number of aryl methyl sites for hydroxylation is 2. The van der Waals surface area contributed by atoms with Gasteiger partial charge in [0.25, 0.3) is 0 Å². The van der Waals surface area contributed by atoms with Gasteiger partial charge in [-0.25, -0.2) is 9.55 Å². The largest absolute Gasteiger partial charge is 0.469 e. The molecule has 0 spiro atoms. The molecule has 0 saturated carbocycles. The number of ketones is 2. The molecule has 3 rings (SSSR count). The van der Waals surface area contributed by atoms with Crippen LogP contribution >= 0.6 is 20.5 Å². The highest BCUT2D eigenvalue weighted by Gasteiger charge is 2.38. The second-order valence-corrected chi connectivity index (χ2v) is 20.6. The molecule has 1 aliphatic rings. The number of benzene rings is 1. The van der Waals surface area contributed by atoms with Gasteiger partial charge in [0, 0.05) is 63.0 Å². The van der Waals surface area contributed by atoms with E-state index in [1.807, 2.05) is 24.5 Å². The number of nitrogens with two attached hydrogens (primary N) is 2. The molecule has 1 saturated heterocycles. The van der Waals surface area contributed by atoms with Crippen LogP contribution in [0.2, 0.25) is 0 Å². The first-order valence-electron chi connectivity index (χ1n) is 24.9. The molecule has 1 fully saturated rings. The number of unbranched alkanes of at least 4 members (excludes halogenated alkanes) is 7. The van der Waals surface area contributed by atoms with E-state index >= 15 is 0 Å². The number of phosphoric ester groups is 1. The average molecular weight is 1020 g/mol. The van der Waals surface area contributed by atoms with Gasteiger partial charge in [-0.3, -0.25) is 38.1 Å². The Kier molecular flexibility index (Phi) is 26.6. The van der Waals surface area contributed by atoms with Crippen molar-refractivity contribution in [3.8, 4) is 0 Å². The van der Waals surface area contributed by atoms with Crippen molar-refractivity contribution < 1.29 is 52.4 Å². The monoisotopic (exact) mass is 1020 g/mol. The zero-order chi connectivity index (χ0) is 51.8. The molecular weight excluding hydrogens is 940 g/mol. The Morgan fingerprint density at radius 2 is 1.56 bits per heavy atom. The zero-order valence-electron chi connectivity index (χ0n) is 41.5. The molecule has 2 aromatic rings. The molecule has 21 heteroatoms. The van der Waals surface area contributed by atoms with Crippen molar-refractivity contribution in [3.63, 3.8) is 0 Å². The van der Waals surface area contributed by atoms with E-state index in [0.29, 0.717) is 57.4 Å². The molecule has 9 N–H and O–H groups in total. The number of hydrogen-bond acceptors (Lipinski definition) is 12. The van der Waals surface area contributed by atoms with Crippen molar-refractivity contribution >= 4 is 61.6 Å². The summed E-state index contributed by atoms with van der Waals surface area (Å²) in [5.41, 5.74) is 13.2. The SMILES string of the molecule is CC(C)C[C@H](NC(=O)[C@@H]1CCCN1C(=O)CCCCCNC(=O)[C@@H](N)CS)C(=O)C[C@@H](Cc1cncn1CCCCCCCCc1ccccc1)C(=O)N[C@@H](C)C(=O)C[C@H](C(N)=O)[C@@H](C)OP(=O)(O)O. The summed E-state index contributed by atoms with van der Waals surface area (Å²) in [4.78, 5) is 118. The number of thiol groups is 1. The number of imidazole rings is 1. The number of carbonyl (C=O) groups excluding carboxylic acids is 7. The fourth-order valence-corrected chi connectivity index (χ4v) is 9.41. The first kappa shape index (κ1) is 59.8. The summed E-state index contributed by atoms with van der Waals surface area (Å²) in [5, 5.41) is 8.36. The van der Waals surface area contributed by atoms with E-state index in [2.05, 4.69) is 62.4 Å². The minimum Gasteiger partial charge on any atom is -0.369 e. The molecule has 7 atom stereocenters. The fourth-order valence-electron chi connectivity index (χ4n) is 8.67. The molecule has 0 bridgehead atoms. The van der Waals surface area contributed by atoms with E-state index in [1.54, 1.807) is 17.4 Å². The van der Waals surface area contributed by atoms with Crippen LogP contribution in [0.3, 0.4) is 0 Å². The van der Waals surface area contributed by atoms with Gasteiger partial charge in [-0.05, 0) is 76.7 Å². The minimum absolute atomic E-state index is 0.0423. The maximum Gasteiger partial charge on any atom is 0.469 e. The van der Waals surface area contributed by atoms with Crippen LogP contribution in [0.4, 0.5) is 0 Å². The van der Waals surface area contributed by atoms with Crippen molar-refractivity contribution in [2.24, 2.45) is 29.2 Å². The number of Topliss-reactive ketones (excluding diaryl/α,β-unsaturated/α-hetero) is 2. The van der Waals surface area contributed by atoms with Crippen molar-refractivity contribution in [1.82, 2.24) is 30.4 Å². The Bertz CT molecular complexity index is 2040. The van der Waals surface area contributed by atoms with Crippen LogP contribution in [-0.2, 0) is 62.0 Å². The Morgan fingerprint density at radius 1 is 0.886 bits per heavy atom. The number of amides is 5. The average Bonchev–Trinajstić information content (AvgIpc) is 3.99. The second kappa shape index (κ2) is 31.1. The van der Waals surface area contributed by atoms with Gasteiger partial charge in [0.05, 0.1) is 42.4 Å². The van der Waals surface area contributed by atoms with Crippen LogP contribution in [-0.4, -0.2) is 114 Å². The van der Waals surface area contributed by atoms with Crippen LogP contribution < -0.4 is 27.4 Å². The van der Waals surface area contributed by atoms with Crippen LogP contribution in [0.25, 0.3) is 0 Å². The smallest absolute Gasteiger partial charge is 0.369 e. The van der Waals surface area contributed by atoms with Gasteiger partial charge in [0.1, 0.15) is 6.04 Å². The Labute approximate surface area is 418 Å². The van der Waals surface area contributed by atoms with E-state index < -0.39 is 85.6 Å². The highest BCUT2D eigenvalue weighted by Crippen LogP contribution is 2.39. The number of nitrogens with one attached hydrogen (secondary N) is 3. The van der Waals surface area contributed by atoms with Crippen LogP contribution in [0.1, 0.15) is 135 Å². The van der Waals surface area contributed by atoms with Crippen LogP contribution in [0.15, 0.2) is 42.9 Å². The Balaban J connectivity index is 1.71. The quantitative estimate of drug-likeness (QED) is 0.0275. The number of primary amides is 1. The molecule has 5 amide bonds. The predicted molar refractivity (Wildman–Crippen MR) is 269 cm³/mol. The lowest BCUT2D eigenvalue weighted by atomic mass is 9.89. The lowest BCUT2D eigenvalue weighted by molar-refractivity contribution is -0.140. The highest BCUT2D eigenvalue weighted by molar-refractivity contribution is 7.80. The van der Waals surface area contributed by atoms with Crippen LogP contribution in [0.5, 0.6) is 0 Å². The normalized spacial score (nSPS) is 16.5. The fraction of sp³-hybridized carbons (Fsp3) is 0.673. The van der Waals surface area contributed by atoms with Crippen LogP contribution in [0, 0.1) is 17.8 Å². The number of rotatable bonds is 35. The predicted octanol–water partition coefficient (Wildman–Crippen LogP) is 4.10. The molecule has 1 aliphatic heterocycles. The Hall–Kier alpha value is -4.46. The summed E-state index contributed by atoms with van der Waals surface area (Å²) in [6.07, 6.45) is 11.8. The minimum atomic E-state index is -5.03. The van der Waals surface area contributed by atoms with Gasteiger partial charge in [-0.15, -0.1) is 0 Å². The summed E-state index contributed by atoms with van der Waals surface area (Å²) in [6.45, 7) is 7.87. The number of hydrogen-bond donors (Lipinski definition) is 8. The summed E-state index contributed by atoms with van der Waals surface area (Å²) >= 11 is 4.04. The molecule has 0 aliphatic carbocycles. The van der Waals surface area contributed by atoms with Gasteiger partial charge in [0.2, 0.25) is 29.5 Å². The third-order valence-electron chi connectivity index (χ3n) is 12.7. The second-order valence-electron chi connectivity index (χ2n) is 19.0. The van der Waals surface area contributed by atoms with Gasteiger partial charge >= 0.3 is 7.82 Å². The molecular formula is C49H79N8O11PS. The number of carbonyl (C=O) groups is 7. The van der Waals surface area contributed by atoms with Crippen molar-refractivity contribution in [3.05, 3.63) is 54.1 Å². The van der Waals surface area contributed by atoms with E-state index in [4.69, 9.17) is 11.5 Å². The maximum absolute atomic E-state index is 14.4. The highest BCUT2D eigenvalue weighted by atomic mass is 32.1. The summed E-state index contributed by atoms with van der Waals surface area (Å²) < 4.78 is 18.1. The molecule has 1 aromatic heterocycles. The molecule has 392 valence electrons. The third kappa shape index (κ3) is 21.9. The molecule has 19 nitrogen and oxygen atoms in total. The van der Waals surface area contributed by atoms with Gasteiger partial charge in [-0.2, -0.15) is 12.6 Å². The number of likely N-dealkylation sites (tertiary alicyclic amines) is 1. The first-order valence-corrected chi connectivity index (χ1v) is 27.0. The van der Waals surface area contributed by atoms with Crippen molar-refractivity contribution in [1.29, 1.82) is 0 Å². The van der Waals surface area contributed by atoms with Gasteiger partial charge in [-0.1, -0.05) is 76.3 Å². The number of nitrogens with zero attached hydrogens (tertiary/aromatic N) is 3. The third-order valence-corrected chi connectivity index (χ3v) is 13.7. The molecule has 70 heavy (non-hydrogen) atoms. The standard InChI is InChI=1S/C49H79N8O11PS/c1-33(2)26-41(55-49(64)42-21-17-25-57(42)45(60)22-14-10-15-23-53-48(63)40(50)31-70)44(59)28-37(47(62)54-34(3)43(58)29-39(46(51)61)35(4)68-69(65,66)67)27-38-30-52-32-56(38)24-16-8-6-5-7-11-18-36-19-12-9-13-20-36/h9,12-13,19-20,30,32-35,37,39-42,70H,5-8,10-11,14-18,21-29,31,50H2,1-4H3,(H2,51,61)(H,53,63)(H,54,62)(H,55,64)(H2,65,66,67)/t34-,35+,37+,39-,40-,41-,42-/m0/s1. The summed E-state index contributed by atoms with van der Waals surface area (Å²) in [5.74, 6) is -5.90. The molecule has 2 heterocycles. The lowest BCUT2D eigenvalue weighted by Gasteiger charge is -2.28. The summed E-state index contributed by atoms with van der Waals surface area (Å²) in [6, 6.07) is 6.76. The van der Waals surface area contributed by atoms with Crippen molar-refractivity contribution in [2.75, 3.05) is 18.8 Å². The van der Waals surface area contributed by atoms with E-state index in [9.17, 15) is 47.9 Å². The van der Waals surface area contributed by atoms with Gasteiger partial charge < -0.3 is 46.7 Å². The number of aromatic nitrogens is 2. The zero-order valence-corrected chi connectivity index (χ0v) is 43.3. The lowest BCUT2D eigenvalue weighted by Crippen LogP contribution is -2.52. The molecule has 0 unspecified atom stereocenters. The van der Waals surface area contributed by atoms with E-state index in [0.717, 1.165) is 44.9 Å². The maximum atomic E-state index is 14.4. The Morgan fingerprint density at radius 3 is 2.21 bits per heavy atom. The number of phosphoric acid groups is 1. The first-order chi connectivity index (χ1) is 33.2. The molecule has 0 radical (unpaired) electrons. The topological polar surface area (TPSA) is 295 Å².